The number of nitrogens with zero attached hydrogens (tertiary/aromatic N) is 1. The fourth-order valence-corrected chi connectivity index (χ4v) is 1.49. The summed E-state index contributed by atoms with van der Waals surface area (Å²) in [7, 11) is 0. The lowest BCUT2D eigenvalue weighted by Gasteiger charge is -2.14. The van der Waals surface area contributed by atoms with Gasteiger partial charge in [-0.05, 0) is 30.4 Å². The number of hydrogen-bond acceptors (Lipinski definition) is 3. The average Bonchev–Trinajstić information content (AvgIpc) is 2.92. The predicted molar refractivity (Wildman–Crippen MR) is 47.0 cm³/mol. The van der Waals surface area contributed by atoms with Crippen LogP contribution in [0.2, 0.25) is 0 Å². The lowest BCUT2D eigenvalue weighted by Crippen LogP contribution is -2.29. The highest BCUT2D eigenvalue weighted by atomic mass is 15.2. The van der Waals surface area contributed by atoms with E-state index in [0.717, 1.165) is 5.92 Å². The van der Waals surface area contributed by atoms with E-state index in [1.165, 1.54) is 18.4 Å². The molecule has 1 aliphatic carbocycles. The second-order valence-corrected chi connectivity index (χ2v) is 3.27. The van der Waals surface area contributed by atoms with Crippen LogP contribution in [0, 0.1) is 5.92 Å². The van der Waals surface area contributed by atoms with E-state index in [2.05, 4.69) is 16.5 Å². The fourth-order valence-electron chi connectivity index (χ4n) is 1.49. The Balaban J connectivity index is 2.15. The van der Waals surface area contributed by atoms with E-state index in [1.807, 2.05) is 12.3 Å². The molecule has 1 unspecified atom stereocenters. The topological polar surface area (TPSA) is 50.9 Å². The minimum absolute atomic E-state index is 0.304. The molecule has 3 nitrogen and oxygen atoms in total. The van der Waals surface area contributed by atoms with Gasteiger partial charge in [0.15, 0.2) is 0 Å². The third-order valence-corrected chi connectivity index (χ3v) is 2.32. The van der Waals surface area contributed by atoms with Gasteiger partial charge in [-0.3, -0.25) is 16.3 Å². The molecule has 0 bridgehead atoms. The average molecular weight is 163 g/mol. The Morgan fingerprint density at radius 2 is 2.42 bits per heavy atom. The van der Waals surface area contributed by atoms with E-state index < -0.39 is 0 Å². The number of hydrazine groups is 1. The molecule has 1 atom stereocenters. The van der Waals surface area contributed by atoms with Gasteiger partial charge in [-0.15, -0.1) is 0 Å². The largest absolute Gasteiger partial charge is 0.271 e. The van der Waals surface area contributed by atoms with Crippen molar-refractivity contribution >= 4 is 0 Å². The molecule has 64 valence electrons. The Kier molecular flexibility index (Phi) is 2.06. The second kappa shape index (κ2) is 3.21. The SMILES string of the molecule is NNC(c1cccnc1)C1CC1. The maximum atomic E-state index is 5.47. The number of pyridine rings is 1. The number of nitrogens with two attached hydrogens (primary N) is 1. The summed E-state index contributed by atoms with van der Waals surface area (Å²) in [6.07, 6.45) is 6.22. The van der Waals surface area contributed by atoms with Gasteiger partial charge in [-0.2, -0.15) is 0 Å². The molecule has 0 amide bonds. The molecule has 1 aliphatic rings. The van der Waals surface area contributed by atoms with Crippen molar-refractivity contribution in [3.63, 3.8) is 0 Å². The molecule has 1 aromatic rings. The first-order valence-electron chi connectivity index (χ1n) is 4.28. The van der Waals surface area contributed by atoms with Gasteiger partial charge in [0.05, 0.1) is 6.04 Å². The molecule has 1 fully saturated rings. The van der Waals surface area contributed by atoms with Gasteiger partial charge >= 0.3 is 0 Å². The summed E-state index contributed by atoms with van der Waals surface area (Å²) in [5, 5.41) is 0. The van der Waals surface area contributed by atoms with Crippen LogP contribution in [0.3, 0.4) is 0 Å². The van der Waals surface area contributed by atoms with Crippen LogP contribution < -0.4 is 11.3 Å². The molecule has 0 aromatic carbocycles. The first kappa shape index (κ1) is 7.71. The zero-order valence-electron chi connectivity index (χ0n) is 6.90. The highest BCUT2D eigenvalue weighted by Gasteiger charge is 2.31. The molecule has 1 saturated carbocycles. The summed E-state index contributed by atoms with van der Waals surface area (Å²) in [6, 6.07) is 4.32. The van der Waals surface area contributed by atoms with Gasteiger partial charge in [-0.25, -0.2) is 0 Å². The minimum Gasteiger partial charge on any atom is -0.271 e. The molecular formula is C9H13N3. The van der Waals surface area contributed by atoms with Gasteiger partial charge in [0, 0.05) is 12.4 Å². The van der Waals surface area contributed by atoms with Gasteiger partial charge in [0.1, 0.15) is 0 Å². The molecule has 0 spiro atoms. The van der Waals surface area contributed by atoms with Crippen molar-refractivity contribution in [2.75, 3.05) is 0 Å². The van der Waals surface area contributed by atoms with Crippen LogP contribution in [0.1, 0.15) is 24.4 Å². The van der Waals surface area contributed by atoms with E-state index >= 15 is 0 Å². The maximum Gasteiger partial charge on any atom is 0.0503 e. The molecule has 0 aliphatic heterocycles. The third kappa shape index (κ3) is 1.47. The molecule has 0 radical (unpaired) electrons. The highest BCUT2D eigenvalue weighted by molar-refractivity contribution is 5.16. The number of rotatable bonds is 3. The van der Waals surface area contributed by atoms with Crippen molar-refractivity contribution in [1.29, 1.82) is 0 Å². The number of hydrogen-bond donors (Lipinski definition) is 2. The van der Waals surface area contributed by atoms with Gasteiger partial charge in [0.25, 0.3) is 0 Å². The van der Waals surface area contributed by atoms with Gasteiger partial charge in [0.2, 0.25) is 0 Å². The summed E-state index contributed by atoms with van der Waals surface area (Å²) in [5.74, 6) is 6.19. The van der Waals surface area contributed by atoms with Crippen LogP contribution in [-0.4, -0.2) is 4.98 Å². The third-order valence-electron chi connectivity index (χ3n) is 2.32. The molecule has 12 heavy (non-hydrogen) atoms. The smallest absolute Gasteiger partial charge is 0.0503 e. The van der Waals surface area contributed by atoms with Gasteiger partial charge in [-0.1, -0.05) is 6.07 Å². The van der Waals surface area contributed by atoms with E-state index in [0.29, 0.717) is 6.04 Å². The lowest BCUT2D eigenvalue weighted by atomic mass is 10.1. The Hall–Kier alpha value is -0.930. The molecule has 1 aromatic heterocycles. The second-order valence-electron chi connectivity index (χ2n) is 3.27. The Morgan fingerprint density at radius 1 is 1.58 bits per heavy atom. The van der Waals surface area contributed by atoms with Crippen LogP contribution in [0.25, 0.3) is 0 Å². The van der Waals surface area contributed by atoms with Crippen LogP contribution in [0.15, 0.2) is 24.5 Å². The van der Waals surface area contributed by atoms with Crippen LogP contribution in [0.5, 0.6) is 0 Å². The van der Waals surface area contributed by atoms with E-state index in [1.54, 1.807) is 6.20 Å². The number of aromatic nitrogens is 1. The maximum absolute atomic E-state index is 5.47. The van der Waals surface area contributed by atoms with E-state index in [4.69, 9.17) is 5.84 Å². The molecule has 3 N–H and O–H groups in total. The van der Waals surface area contributed by atoms with E-state index in [-0.39, 0.29) is 0 Å². The van der Waals surface area contributed by atoms with Crippen molar-refractivity contribution in [2.24, 2.45) is 11.8 Å². The van der Waals surface area contributed by atoms with Crippen molar-refractivity contribution < 1.29 is 0 Å². The van der Waals surface area contributed by atoms with Crippen molar-refractivity contribution in [3.05, 3.63) is 30.1 Å². The van der Waals surface area contributed by atoms with Crippen molar-refractivity contribution in [2.45, 2.75) is 18.9 Å². The standard InChI is InChI=1S/C9H13N3/c10-12-9(7-3-4-7)8-2-1-5-11-6-8/h1-2,5-7,9,12H,3-4,10H2. The van der Waals surface area contributed by atoms with Crippen molar-refractivity contribution in [1.82, 2.24) is 10.4 Å². The lowest BCUT2D eigenvalue weighted by molar-refractivity contribution is 0.495. The highest BCUT2D eigenvalue weighted by Crippen LogP contribution is 2.40. The first-order valence-corrected chi connectivity index (χ1v) is 4.28. The molecule has 0 saturated heterocycles. The van der Waals surface area contributed by atoms with Crippen LogP contribution in [-0.2, 0) is 0 Å². The van der Waals surface area contributed by atoms with Crippen LogP contribution in [0.4, 0.5) is 0 Å². The Morgan fingerprint density at radius 3 is 2.92 bits per heavy atom. The summed E-state index contributed by atoms with van der Waals surface area (Å²) < 4.78 is 0. The molecule has 3 heteroatoms. The zero-order chi connectivity index (χ0) is 8.39. The predicted octanol–water partition coefficient (Wildman–Crippen LogP) is 0.996. The number of nitrogens with one attached hydrogen (secondary N) is 1. The monoisotopic (exact) mass is 163 g/mol. The summed E-state index contributed by atoms with van der Waals surface area (Å²) >= 11 is 0. The summed E-state index contributed by atoms with van der Waals surface area (Å²) in [5.41, 5.74) is 4.04. The summed E-state index contributed by atoms with van der Waals surface area (Å²) in [4.78, 5) is 4.07. The fraction of sp³-hybridized carbons (Fsp3) is 0.444. The van der Waals surface area contributed by atoms with Gasteiger partial charge < -0.3 is 0 Å². The molecular weight excluding hydrogens is 150 g/mol. The molecule has 2 rings (SSSR count). The van der Waals surface area contributed by atoms with E-state index in [9.17, 15) is 0 Å². The van der Waals surface area contributed by atoms with Crippen LogP contribution >= 0.6 is 0 Å². The zero-order valence-corrected chi connectivity index (χ0v) is 6.90. The molecule has 1 heterocycles. The summed E-state index contributed by atoms with van der Waals surface area (Å²) in [6.45, 7) is 0. The normalized spacial score (nSPS) is 19.1. The minimum atomic E-state index is 0.304. The Bertz CT molecular complexity index is 243. The Labute approximate surface area is 72.0 Å². The quantitative estimate of drug-likeness (QED) is 0.516. The van der Waals surface area contributed by atoms with Crippen molar-refractivity contribution in [3.8, 4) is 0 Å². The first-order chi connectivity index (χ1) is 5.92.